The molecule has 164 valence electrons. The van der Waals surface area contributed by atoms with Crippen molar-refractivity contribution in [1.29, 1.82) is 0 Å². The first-order chi connectivity index (χ1) is 15.3. The van der Waals surface area contributed by atoms with Crippen LogP contribution in [-0.4, -0.2) is 23.8 Å². The van der Waals surface area contributed by atoms with Crippen molar-refractivity contribution < 1.29 is 32.6 Å². The standard InChI is InChI=1S/C24H18F3NO4/c25-24(26,27)20-12-6-5-11-18(20)21(22(29)30)28-23(31)32-13-19-16-9-3-1-7-14(16)15-8-2-4-10-17(15)19/h1-12,19,21H,13H2,(H,28,31)(H,29,30)/t21-/m1/s1. The average molecular weight is 441 g/mol. The van der Waals surface area contributed by atoms with Gasteiger partial charge in [0.2, 0.25) is 0 Å². The van der Waals surface area contributed by atoms with Crippen molar-refractivity contribution in [3.05, 3.63) is 95.1 Å². The van der Waals surface area contributed by atoms with Crippen molar-refractivity contribution in [2.75, 3.05) is 6.61 Å². The molecule has 0 bridgehead atoms. The quantitative estimate of drug-likeness (QED) is 0.558. The molecule has 3 aromatic carbocycles. The molecule has 3 aromatic rings. The number of hydrogen-bond acceptors (Lipinski definition) is 3. The Bertz CT molecular complexity index is 1130. The molecule has 1 aliphatic carbocycles. The second-order valence-electron chi connectivity index (χ2n) is 7.33. The maximum Gasteiger partial charge on any atom is 0.416 e. The van der Waals surface area contributed by atoms with Crippen LogP contribution in [0.15, 0.2) is 72.8 Å². The molecule has 2 N–H and O–H groups in total. The predicted octanol–water partition coefficient (Wildman–Crippen LogP) is 5.37. The molecule has 0 radical (unpaired) electrons. The molecule has 1 atom stereocenters. The molecule has 0 aromatic heterocycles. The molecule has 0 fully saturated rings. The first-order valence-corrected chi connectivity index (χ1v) is 9.78. The minimum atomic E-state index is -4.77. The Morgan fingerprint density at radius 2 is 1.44 bits per heavy atom. The van der Waals surface area contributed by atoms with Gasteiger partial charge in [0, 0.05) is 5.92 Å². The fraction of sp³-hybridized carbons (Fsp3) is 0.167. The summed E-state index contributed by atoms with van der Waals surface area (Å²) in [6.45, 7) is -0.0902. The van der Waals surface area contributed by atoms with Crippen LogP contribution in [0.1, 0.15) is 34.2 Å². The van der Waals surface area contributed by atoms with Crippen molar-refractivity contribution in [3.63, 3.8) is 0 Å². The highest BCUT2D eigenvalue weighted by Crippen LogP contribution is 2.44. The van der Waals surface area contributed by atoms with Gasteiger partial charge in [-0.3, -0.25) is 0 Å². The number of nitrogens with one attached hydrogen (secondary N) is 1. The number of alkyl halides is 3. The predicted molar refractivity (Wildman–Crippen MR) is 110 cm³/mol. The largest absolute Gasteiger partial charge is 0.479 e. The highest BCUT2D eigenvalue weighted by Gasteiger charge is 2.37. The Morgan fingerprint density at radius 1 is 0.906 bits per heavy atom. The first kappa shape index (κ1) is 21.4. The second-order valence-corrected chi connectivity index (χ2v) is 7.33. The van der Waals surface area contributed by atoms with Crippen LogP contribution in [0.4, 0.5) is 18.0 Å². The van der Waals surface area contributed by atoms with E-state index < -0.39 is 35.4 Å². The van der Waals surface area contributed by atoms with Gasteiger partial charge in [-0.25, -0.2) is 9.59 Å². The molecular weight excluding hydrogens is 423 g/mol. The Balaban J connectivity index is 1.52. The normalized spacial score (nSPS) is 13.7. The van der Waals surface area contributed by atoms with E-state index in [4.69, 9.17) is 4.74 Å². The number of carbonyl (C=O) groups excluding carboxylic acids is 1. The lowest BCUT2D eigenvalue weighted by Crippen LogP contribution is -2.36. The second kappa shape index (κ2) is 8.37. The smallest absolute Gasteiger partial charge is 0.416 e. The van der Waals surface area contributed by atoms with Crippen LogP contribution in [-0.2, 0) is 15.7 Å². The monoisotopic (exact) mass is 441 g/mol. The Kier molecular flexibility index (Phi) is 5.61. The fourth-order valence-corrected chi connectivity index (χ4v) is 4.04. The van der Waals surface area contributed by atoms with Crippen LogP contribution in [0.25, 0.3) is 11.1 Å². The van der Waals surface area contributed by atoms with Crippen LogP contribution < -0.4 is 5.32 Å². The number of benzene rings is 3. The van der Waals surface area contributed by atoms with Crippen molar-refractivity contribution in [2.24, 2.45) is 0 Å². The van der Waals surface area contributed by atoms with Crippen molar-refractivity contribution >= 4 is 12.1 Å². The van der Waals surface area contributed by atoms with Crippen molar-refractivity contribution in [1.82, 2.24) is 5.32 Å². The fourth-order valence-electron chi connectivity index (χ4n) is 4.04. The van der Waals surface area contributed by atoms with Crippen molar-refractivity contribution in [2.45, 2.75) is 18.1 Å². The first-order valence-electron chi connectivity index (χ1n) is 9.78. The highest BCUT2D eigenvalue weighted by atomic mass is 19.4. The highest BCUT2D eigenvalue weighted by molar-refractivity contribution is 5.82. The number of amides is 1. The van der Waals surface area contributed by atoms with Gasteiger partial charge < -0.3 is 15.2 Å². The minimum absolute atomic E-state index is 0.0902. The molecule has 32 heavy (non-hydrogen) atoms. The van der Waals surface area contributed by atoms with Gasteiger partial charge in [-0.15, -0.1) is 0 Å². The molecule has 0 spiro atoms. The minimum Gasteiger partial charge on any atom is -0.479 e. The number of rotatable bonds is 5. The Labute approximate surface area is 181 Å². The third kappa shape index (κ3) is 4.03. The van der Waals surface area contributed by atoms with Gasteiger partial charge in [-0.05, 0) is 33.9 Å². The van der Waals surface area contributed by atoms with Gasteiger partial charge in [0.1, 0.15) is 6.61 Å². The van der Waals surface area contributed by atoms with Crippen LogP contribution in [0.2, 0.25) is 0 Å². The summed E-state index contributed by atoms with van der Waals surface area (Å²) in [6.07, 6.45) is -5.89. The lowest BCUT2D eigenvalue weighted by atomic mass is 9.98. The molecule has 1 aliphatic rings. The maximum atomic E-state index is 13.3. The summed E-state index contributed by atoms with van der Waals surface area (Å²) in [5.74, 6) is -1.89. The van der Waals surface area contributed by atoms with E-state index >= 15 is 0 Å². The van der Waals surface area contributed by atoms with Gasteiger partial charge >= 0.3 is 18.2 Å². The topological polar surface area (TPSA) is 75.6 Å². The molecule has 5 nitrogen and oxygen atoms in total. The molecule has 4 rings (SSSR count). The Hall–Kier alpha value is -3.81. The number of hydrogen-bond donors (Lipinski definition) is 2. The van der Waals surface area contributed by atoms with Gasteiger partial charge in [0.15, 0.2) is 6.04 Å². The van der Waals surface area contributed by atoms with Crippen molar-refractivity contribution in [3.8, 4) is 11.1 Å². The SMILES string of the molecule is O=C(N[C@@H](C(=O)O)c1ccccc1C(F)(F)F)OCC1c2ccccc2-c2ccccc21. The van der Waals surface area contributed by atoms with E-state index in [-0.39, 0.29) is 12.5 Å². The zero-order valence-corrected chi connectivity index (χ0v) is 16.6. The lowest BCUT2D eigenvalue weighted by Gasteiger charge is -2.20. The van der Waals surface area contributed by atoms with E-state index in [2.05, 4.69) is 5.32 Å². The number of halogens is 3. The summed E-state index contributed by atoms with van der Waals surface area (Å²) in [4.78, 5) is 24.1. The zero-order chi connectivity index (χ0) is 22.9. The number of carboxylic acids is 1. The molecule has 0 unspecified atom stereocenters. The number of aliphatic carboxylic acids is 1. The zero-order valence-electron chi connectivity index (χ0n) is 16.6. The molecule has 8 heteroatoms. The summed E-state index contributed by atoms with van der Waals surface area (Å²) in [7, 11) is 0. The van der Waals surface area contributed by atoms with E-state index in [0.717, 1.165) is 40.5 Å². The van der Waals surface area contributed by atoms with E-state index in [9.17, 15) is 27.9 Å². The molecule has 0 heterocycles. The van der Waals surface area contributed by atoms with Crippen LogP contribution >= 0.6 is 0 Å². The third-order valence-corrected chi connectivity index (χ3v) is 5.43. The molecule has 1 amide bonds. The van der Waals surface area contributed by atoms with E-state index in [1.807, 2.05) is 48.5 Å². The number of carbonyl (C=O) groups is 2. The van der Waals surface area contributed by atoms with E-state index in [1.165, 1.54) is 6.07 Å². The molecule has 0 saturated heterocycles. The van der Waals surface area contributed by atoms with Gasteiger partial charge in [-0.2, -0.15) is 13.2 Å². The number of carboxylic acid groups (broad SMARTS) is 1. The summed E-state index contributed by atoms with van der Waals surface area (Å²) in [6, 6.07) is 17.6. The number of fused-ring (bicyclic) bond motifs is 3. The van der Waals surface area contributed by atoms with Crippen LogP contribution in [0, 0.1) is 0 Å². The summed E-state index contributed by atoms with van der Waals surface area (Å²) in [5.41, 5.74) is 2.24. The summed E-state index contributed by atoms with van der Waals surface area (Å²) in [5, 5.41) is 11.5. The van der Waals surface area contributed by atoms with Crippen LogP contribution in [0.3, 0.4) is 0 Å². The average Bonchev–Trinajstić information content (AvgIpc) is 3.09. The third-order valence-electron chi connectivity index (χ3n) is 5.43. The number of alkyl carbamates (subject to hydrolysis) is 1. The van der Waals surface area contributed by atoms with Gasteiger partial charge in [0.05, 0.1) is 5.56 Å². The lowest BCUT2D eigenvalue weighted by molar-refractivity contribution is -0.142. The van der Waals surface area contributed by atoms with Gasteiger partial charge in [-0.1, -0.05) is 66.7 Å². The molecule has 0 aliphatic heterocycles. The number of ether oxygens (including phenoxy) is 1. The van der Waals surface area contributed by atoms with Crippen LogP contribution in [0.5, 0.6) is 0 Å². The summed E-state index contributed by atoms with van der Waals surface area (Å²) < 4.78 is 45.2. The summed E-state index contributed by atoms with van der Waals surface area (Å²) >= 11 is 0. The molecule has 0 saturated carbocycles. The maximum absolute atomic E-state index is 13.3. The molecular formula is C24H18F3NO4. The van der Waals surface area contributed by atoms with E-state index in [0.29, 0.717) is 0 Å². The Morgan fingerprint density at radius 3 is 2.00 bits per heavy atom. The van der Waals surface area contributed by atoms with E-state index in [1.54, 1.807) is 0 Å². The van der Waals surface area contributed by atoms with Gasteiger partial charge in [0.25, 0.3) is 0 Å².